The molecule has 0 unspecified atom stereocenters. The Kier molecular flexibility index (Phi) is 4.13. The molecule has 1 N–H and O–H groups in total. The Labute approximate surface area is 145 Å². The van der Waals surface area contributed by atoms with Gasteiger partial charge in [0.1, 0.15) is 5.75 Å². The van der Waals surface area contributed by atoms with Gasteiger partial charge in [-0.1, -0.05) is 54.2 Å². The van der Waals surface area contributed by atoms with Crippen LogP contribution in [0.4, 0.5) is 0 Å². The number of hydrogen-bond donors (Lipinski definition) is 1. The minimum atomic E-state index is 0.648. The molecule has 0 aliphatic heterocycles. The zero-order valence-electron chi connectivity index (χ0n) is 13.5. The molecule has 3 nitrogen and oxygen atoms in total. The van der Waals surface area contributed by atoms with Crippen LogP contribution in [0.2, 0.25) is 0 Å². The normalized spacial score (nSPS) is 11.2. The zero-order chi connectivity index (χ0) is 16.4. The van der Waals surface area contributed by atoms with Crippen molar-refractivity contribution in [2.45, 2.75) is 12.1 Å². The third-order valence-corrected chi connectivity index (χ3v) is 4.78. The van der Waals surface area contributed by atoms with Crippen molar-refractivity contribution >= 4 is 33.6 Å². The molecule has 120 valence electrons. The van der Waals surface area contributed by atoms with Crippen LogP contribution in [0.15, 0.2) is 65.8 Å². The number of H-pyrrole nitrogens is 1. The Morgan fingerprint density at radius 3 is 2.88 bits per heavy atom. The first-order valence-corrected chi connectivity index (χ1v) is 8.98. The third kappa shape index (κ3) is 3.10. The van der Waals surface area contributed by atoms with Crippen LogP contribution in [0.3, 0.4) is 0 Å². The quantitative estimate of drug-likeness (QED) is 0.403. The lowest BCUT2D eigenvalue weighted by Crippen LogP contribution is -2.00. The third-order valence-electron chi connectivity index (χ3n) is 3.94. The lowest BCUT2D eigenvalue weighted by Gasteiger charge is -2.08. The summed E-state index contributed by atoms with van der Waals surface area (Å²) in [6.45, 7) is 2.74. The summed E-state index contributed by atoms with van der Waals surface area (Å²) < 4.78 is 5.97. The maximum atomic E-state index is 5.97. The van der Waals surface area contributed by atoms with Gasteiger partial charge >= 0.3 is 0 Å². The van der Waals surface area contributed by atoms with Gasteiger partial charge in [0.05, 0.1) is 17.6 Å². The molecule has 4 heteroatoms. The molecule has 0 atom stereocenters. The molecule has 0 saturated heterocycles. The number of nitrogens with zero attached hydrogens (tertiary/aromatic N) is 1. The SMILES string of the molecule is Cc1ccc2nc(SCCOc3cccc4ccccc34)[nH]c2c1. The minimum Gasteiger partial charge on any atom is -0.492 e. The first-order valence-electron chi connectivity index (χ1n) is 7.99. The van der Waals surface area contributed by atoms with Crippen molar-refractivity contribution in [3.05, 3.63) is 66.2 Å². The Morgan fingerprint density at radius 2 is 1.92 bits per heavy atom. The summed E-state index contributed by atoms with van der Waals surface area (Å²) >= 11 is 1.68. The van der Waals surface area contributed by atoms with Crippen molar-refractivity contribution in [2.75, 3.05) is 12.4 Å². The van der Waals surface area contributed by atoms with Crippen LogP contribution in [0.25, 0.3) is 21.8 Å². The predicted molar refractivity (Wildman–Crippen MR) is 101 cm³/mol. The zero-order valence-corrected chi connectivity index (χ0v) is 14.3. The number of aromatic amines is 1. The number of imidazole rings is 1. The van der Waals surface area contributed by atoms with Gasteiger partial charge in [-0.15, -0.1) is 0 Å². The molecule has 4 rings (SSSR count). The van der Waals surface area contributed by atoms with Gasteiger partial charge in [-0.2, -0.15) is 0 Å². The molecule has 0 spiro atoms. The number of rotatable bonds is 5. The Bertz CT molecular complexity index is 988. The van der Waals surface area contributed by atoms with E-state index in [0.717, 1.165) is 33.1 Å². The number of fused-ring (bicyclic) bond motifs is 2. The second kappa shape index (κ2) is 6.57. The van der Waals surface area contributed by atoms with E-state index in [2.05, 4.69) is 53.3 Å². The summed E-state index contributed by atoms with van der Waals surface area (Å²) in [5.41, 5.74) is 3.34. The largest absolute Gasteiger partial charge is 0.492 e. The van der Waals surface area contributed by atoms with Crippen LogP contribution in [0, 0.1) is 6.92 Å². The maximum Gasteiger partial charge on any atom is 0.166 e. The topological polar surface area (TPSA) is 37.9 Å². The molecular weight excluding hydrogens is 316 g/mol. The van der Waals surface area contributed by atoms with E-state index in [1.807, 2.05) is 24.3 Å². The number of hydrogen-bond acceptors (Lipinski definition) is 3. The van der Waals surface area contributed by atoms with E-state index in [1.165, 1.54) is 10.9 Å². The number of ether oxygens (including phenoxy) is 1. The standard InChI is InChI=1S/C20H18N2OS/c1-14-9-10-17-18(13-14)22-20(21-17)24-12-11-23-19-8-4-6-15-5-2-3-7-16(15)19/h2-10,13H,11-12H2,1H3,(H,21,22). The first kappa shape index (κ1) is 15.1. The van der Waals surface area contributed by atoms with Crippen molar-refractivity contribution in [2.24, 2.45) is 0 Å². The van der Waals surface area contributed by atoms with Crippen molar-refractivity contribution in [1.29, 1.82) is 0 Å². The number of aryl methyl sites for hydroxylation is 1. The van der Waals surface area contributed by atoms with E-state index in [1.54, 1.807) is 11.8 Å². The van der Waals surface area contributed by atoms with E-state index < -0.39 is 0 Å². The van der Waals surface area contributed by atoms with Gasteiger partial charge in [0.2, 0.25) is 0 Å². The lowest BCUT2D eigenvalue weighted by molar-refractivity contribution is 0.348. The highest BCUT2D eigenvalue weighted by Crippen LogP contribution is 2.26. The molecule has 3 aromatic carbocycles. The average Bonchev–Trinajstić information content (AvgIpc) is 3.00. The first-order chi connectivity index (χ1) is 11.8. The van der Waals surface area contributed by atoms with Crippen molar-refractivity contribution in [3.8, 4) is 5.75 Å². The van der Waals surface area contributed by atoms with E-state index in [9.17, 15) is 0 Å². The predicted octanol–water partition coefficient (Wildman–Crippen LogP) is 5.20. The number of benzene rings is 3. The molecular formula is C20H18N2OS. The smallest absolute Gasteiger partial charge is 0.166 e. The van der Waals surface area contributed by atoms with Crippen LogP contribution in [-0.2, 0) is 0 Å². The molecule has 1 heterocycles. The molecule has 0 amide bonds. The van der Waals surface area contributed by atoms with Crippen molar-refractivity contribution < 1.29 is 4.74 Å². The van der Waals surface area contributed by atoms with Crippen LogP contribution in [0.1, 0.15) is 5.56 Å². The fraction of sp³-hybridized carbons (Fsp3) is 0.150. The number of nitrogens with one attached hydrogen (secondary N) is 1. The van der Waals surface area contributed by atoms with Gasteiger partial charge in [-0.05, 0) is 36.1 Å². The highest BCUT2D eigenvalue weighted by atomic mass is 32.2. The molecule has 0 aliphatic carbocycles. The minimum absolute atomic E-state index is 0.648. The molecule has 0 bridgehead atoms. The summed E-state index contributed by atoms with van der Waals surface area (Å²) in [5, 5.41) is 3.30. The average molecular weight is 334 g/mol. The van der Waals surface area contributed by atoms with Gasteiger partial charge in [-0.25, -0.2) is 4.98 Å². The van der Waals surface area contributed by atoms with E-state index in [0.29, 0.717) is 6.61 Å². The van der Waals surface area contributed by atoms with Gasteiger partial charge in [0.25, 0.3) is 0 Å². The second-order valence-electron chi connectivity index (χ2n) is 5.74. The second-order valence-corrected chi connectivity index (χ2v) is 6.82. The van der Waals surface area contributed by atoms with Gasteiger partial charge < -0.3 is 9.72 Å². The highest BCUT2D eigenvalue weighted by Gasteiger charge is 2.05. The summed E-state index contributed by atoms with van der Waals surface area (Å²) in [6.07, 6.45) is 0. The summed E-state index contributed by atoms with van der Waals surface area (Å²) in [5.74, 6) is 1.79. The molecule has 4 aromatic rings. The molecule has 24 heavy (non-hydrogen) atoms. The molecule has 0 fully saturated rings. The fourth-order valence-corrected chi connectivity index (χ4v) is 3.48. The summed E-state index contributed by atoms with van der Waals surface area (Å²) in [4.78, 5) is 7.96. The van der Waals surface area contributed by atoms with Crippen molar-refractivity contribution in [3.63, 3.8) is 0 Å². The van der Waals surface area contributed by atoms with Gasteiger partial charge in [-0.3, -0.25) is 0 Å². The van der Waals surface area contributed by atoms with Crippen LogP contribution in [0.5, 0.6) is 5.75 Å². The highest BCUT2D eigenvalue weighted by molar-refractivity contribution is 7.99. The number of thioether (sulfide) groups is 1. The molecule has 0 aliphatic rings. The van der Waals surface area contributed by atoms with Crippen molar-refractivity contribution in [1.82, 2.24) is 9.97 Å². The fourth-order valence-electron chi connectivity index (χ4n) is 2.78. The van der Waals surface area contributed by atoms with E-state index in [4.69, 9.17) is 4.74 Å². The summed E-state index contributed by atoms with van der Waals surface area (Å²) in [6, 6.07) is 20.7. The molecule has 1 aromatic heterocycles. The monoisotopic (exact) mass is 334 g/mol. The maximum absolute atomic E-state index is 5.97. The Balaban J connectivity index is 1.40. The lowest BCUT2D eigenvalue weighted by atomic mass is 10.1. The molecule has 0 saturated carbocycles. The Hall–Kier alpha value is -2.46. The summed E-state index contributed by atoms with van der Waals surface area (Å²) in [7, 11) is 0. The van der Waals surface area contributed by atoms with E-state index >= 15 is 0 Å². The van der Waals surface area contributed by atoms with Crippen LogP contribution >= 0.6 is 11.8 Å². The Morgan fingerprint density at radius 1 is 1.04 bits per heavy atom. The van der Waals surface area contributed by atoms with E-state index in [-0.39, 0.29) is 0 Å². The van der Waals surface area contributed by atoms with Crippen LogP contribution < -0.4 is 4.74 Å². The number of aromatic nitrogens is 2. The van der Waals surface area contributed by atoms with Gasteiger partial charge in [0.15, 0.2) is 5.16 Å². The van der Waals surface area contributed by atoms with Gasteiger partial charge in [0, 0.05) is 11.1 Å². The van der Waals surface area contributed by atoms with Crippen LogP contribution in [-0.4, -0.2) is 22.3 Å². The molecule has 0 radical (unpaired) electrons.